The van der Waals surface area contributed by atoms with Gasteiger partial charge >= 0.3 is 0 Å². The van der Waals surface area contributed by atoms with Crippen LogP contribution in [0.1, 0.15) is 51.4 Å². The second-order valence-electron chi connectivity index (χ2n) is 6.68. The maximum absolute atomic E-state index is 4.43. The fourth-order valence-electron chi connectivity index (χ4n) is 3.86. The average Bonchev–Trinajstić information content (AvgIpc) is 3.28. The molecular formula is C16H30IN3S. The van der Waals surface area contributed by atoms with Gasteiger partial charge in [-0.3, -0.25) is 4.99 Å². The molecule has 1 heterocycles. The van der Waals surface area contributed by atoms with Crippen molar-refractivity contribution >= 4 is 41.7 Å². The summed E-state index contributed by atoms with van der Waals surface area (Å²) in [5, 5.41) is 7.28. The first kappa shape index (κ1) is 17.7. The Hall–Kier alpha value is 0.350. The Morgan fingerprint density at radius 1 is 1.05 bits per heavy atom. The minimum atomic E-state index is 0. The van der Waals surface area contributed by atoms with E-state index in [4.69, 9.17) is 0 Å². The lowest BCUT2D eigenvalue weighted by molar-refractivity contribution is 0.315. The van der Waals surface area contributed by atoms with E-state index in [1.54, 1.807) is 0 Å². The molecule has 2 N–H and O–H groups in total. The number of nitrogens with one attached hydrogen (secondary N) is 2. The molecule has 0 aromatic heterocycles. The summed E-state index contributed by atoms with van der Waals surface area (Å²) in [4.78, 5) is 4.43. The van der Waals surface area contributed by atoms with Gasteiger partial charge in [0.25, 0.3) is 0 Å². The van der Waals surface area contributed by atoms with Gasteiger partial charge in [-0.15, -0.1) is 24.0 Å². The zero-order chi connectivity index (χ0) is 13.8. The van der Waals surface area contributed by atoms with Gasteiger partial charge in [0.05, 0.1) is 0 Å². The van der Waals surface area contributed by atoms with Crippen LogP contribution in [-0.4, -0.2) is 36.6 Å². The third-order valence-electron chi connectivity index (χ3n) is 5.14. The smallest absolute Gasteiger partial charge is 0.191 e. The molecule has 122 valence electrons. The Labute approximate surface area is 150 Å². The first-order valence-corrected chi connectivity index (χ1v) is 9.60. The van der Waals surface area contributed by atoms with E-state index in [2.05, 4.69) is 27.4 Å². The lowest BCUT2D eigenvalue weighted by Gasteiger charge is -2.25. The molecule has 0 bridgehead atoms. The summed E-state index contributed by atoms with van der Waals surface area (Å²) in [7, 11) is 1.91. The molecule has 3 aliphatic rings. The standard InChI is InChI=1S/C16H29N3S.HI/c1-17-16(18-13-8-5-9-20-11-13)19-15-10-14(15)12-6-3-2-4-7-12;/h12-15H,2-11H2,1H3,(H2,17,18,19);1H. The number of rotatable bonds is 3. The highest BCUT2D eigenvalue weighted by Crippen LogP contribution is 2.44. The molecule has 0 amide bonds. The quantitative estimate of drug-likeness (QED) is 0.414. The molecule has 1 aliphatic heterocycles. The van der Waals surface area contributed by atoms with Gasteiger partial charge in [0, 0.05) is 24.9 Å². The van der Waals surface area contributed by atoms with Crippen LogP contribution < -0.4 is 10.6 Å². The fourth-order valence-corrected chi connectivity index (χ4v) is 4.93. The molecule has 3 unspecified atom stereocenters. The predicted molar refractivity (Wildman–Crippen MR) is 104 cm³/mol. The molecule has 0 aromatic carbocycles. The van der Waals surface area contributed by atoms with E-state index < -0.39 is 0 Å². The molecule has 3 nitrogen and oxygen atoms in total. The fraction of sp³-hybridized carbons (Fsp3) is 0.938. The molecular weight excluding hydrogens is 393 g/mol. The van der Waals surface area contributed by atoms with Gasteiger partial charge in [-0.25, -0.2) is 0 Å². The van der Waals surface area contributed by atoms with Crippen LogP contribution in [0.5, 0.6) is 0 Å². The van der Waals surface area contributed by atoms with Crippen LogP contribution in [0.3, 0.4) is 0 Å². The molecule has 3 rings (SSSR count). The number of hydrogen-bond donors (Lipinski definition) is 2. The van der Waals surface area contributed by atoms with E-state index in [0.29, 0.717) is 12.1 Å². The maximum atomic E-state index is 4.43. The molecule has 1 saturated heterocycles. The van der Waals surface area contributed by atoms with Gasteiger partial charge in [0.15, 0.2) is 5.96 Å². The highest BCUT2D eigenvalue weighted by molar-refractivity contribution is 14.0. The van der Waals surface area contributed by atoms with Crippen LogP contribution in [0.25, 0.3) is 0 Å². The van der Waals surface area contributed by atoms with Crippen LogP contribution in [0.2, 0.25) is 0 Å². The first-order valence-electron chi connectivity index (χ1n) is 8.44. The zero-order valence-corrected chi connectivity index (χ0v) is 16.3. The normalized spacial score (nSPS) is 34.0. The Morgan fingerprint density at radius 2 is 1.86 bits per heavy atom. The van der Waals surface area contributed by atoms with Gasteiger partial charge in [-0.2, -0.15) is 11.8 Å². The van der Waals surface area contributed by atoms with Crippen LogP contribution in [-0.2, 0) is 0 Å². The van der Waals surface area contributed by atoms with Crippen molar-refractivity contribution in [2.75, 3.05) is 18.6 Å². The third-order valence-corrected chi connectivity index (χ3v) is 6.36. The average molecular weight is 423 g/mol. The minimum absolute atomic E-state index is 0. The summed E-state index contributed by atoms with van der Waals surface area (Å²) in [6.07, 6.45) is 11.3. The summed E-state index contributed by atoms with van der Waals surface area (Å²) in [6.45, 7) is 0. The number of hydrogen-bond acceptors (Lipinski definition) is 2. The minimum Gasteiger partial charge on any atom is -0.353 e. The van der Waals surface area contributed by atoms with Gasteiger partial charge in [0.1, 0.15) is 0 Å². The molecule has 0 radical (unpaired) electrons. The number of nitrogens with zero attached hydrogens (tertiary/aromatic N) is 1. The Morgan fingerprint density at radius 3 is 2.52 bits per heavy atom. The Balaban J connectivity index is 0.00000161. The van der Waals surface area contributed by atoms with Crippen molar-refractivity contribution in [2.24, 2.45) is 16.8 Å². The van der Waals surface area contributed by atoms with Crippen LogP contribution in [0.4, 0.5) is 0 Å². The Bertz CT molecular complexity index is 338. The van der Waals surface area contributed by atoms with Crippen molar-refractivity contribution in [2.45, 2.75) is 63.5 Å². The molecule has 3 fully saturated rings. The van der Waals surface area contributed by atoms with Crippen molar-refractivity contribution in [1.82, 2.24) is 10.6 Å². The van der Waals surface area contributed by atoms with Crippen LogP contribution >= 0.6 is 35.7 Å². The Kier molecular flexibility index (Phi) is 7.46. The second kappa shape index (κ2) is 8.85. The lowest BCUT2D eigenvalue weighted by atomic mass is 9.85. The number of halogens is 1. The van der Waals surface area contributed by atoms with Crippen molar-refractivity contribution in [3.05, 3.63) is 0 Å². The van der Waals surface area contributed by atoms with Crippen LogP contribution in [0.15, 0.2) is 4.99 Å². The van der Waals surface area contributed by atoms with E-state index in [1.165, 1.54) is 62.9 Å². The second-order valence-corrected chi connectivity index (χ2v) is 7.83. The molecule has 2 aliphatic carbocycles. The third kappa shape index (κ3) is 5.19. The molecule has 21 heavy (non-hydrogen) atoms. The summed E-state index contributed by atoms with van der Waals surface area (Å²) in [6, 6.07) is 1.31. The molecule has 0 aromatic rings. The first-order chi connectivity index (χ1) is 9.86. The largest absolute Gasteiger partial charge is 0.353 e. The lowest BCUT2D eigenvalue weighted by Crippen LogP contribution is -2.46. The van der Waals surface area contributed by atoms with Crippen molar-refractivity contribution in [1.29, 1.82) is 0 Å². The monoisotopic (exact) mass is 423 g/mol. The summed E-state index contributed by atoms with van der Waals surface area (Å²) in [5.41, 5.74) is 0. The highest BCUT2D eigenvalue weighted by Gasteiger charge is 2.43. The summed E-state index contributed by atoms with van der Waals surface area (Å²) < 4.78 is 0. The predicted octanol–water partition coefficient (Wildman–Crippen LogP) is 3.63. The molecule has 5 heteroatoms. The molecule has 0 spiro atoms. The number of thioether (sulfide) groups is 1. The van der Waals surface area contributed by atoms with E-state index in [9.17, 15) is 0 Å². The number of guanidine groups is 1. The van der Waals surface area contributed by atoms with Crippen molar-refractivity contribution < 1.29 is 0 Å². The maximum Gasteiger partial charge on any atom is 0.191 e. The number of aliphatic imine (C=N–C) groups is 1. The van der Waals surface area contributed by atoms with Gasteiger partial charge in [0.2, 0.25) is 0 Å². The zero-order valence-electron chi connectivity index (χ0n) is 13.1. The van der Waals surface area contributed by atoms with Gasteiger partial charge in [-0.05, 0) is 36.9 Å². The topological polar surface area (TPSA) is 36.4 Å². The van der Waals surface area contributed by atoms with Crippen molar-refractivity contribution in [3.8, 4) is 0 Å². The van der Waals surface area contributed by atoms with E-state index in [0.717, 1.165) is 17.8 Å². The SMILES string of the molecule is CN=C(NC1CCCSC1)NC1CC1C1CCCCC1.I. The van der Waals surface area contributed by atoms with E-state index >= 15 is 0 Å². The van der Waals surface area contributed by atoms with E-state index in [-0.39, 0.29) is 24.0 Å². The molecule has 3 atom stereocenters. The van der Waals surface area contributed by atoms with E-state index in [1.807, 2.05) is 7.05 Å². The van der Waals surface area contributed by atoms with Crippen molar-refractivity contribution in [3.63, 3.8) is 0 Å². The summed E-state index contributed by atoms with van der Waals surface area (Å²) >= 11 is 2.07. The van der Waals surface area contributed by atoms with Gasteiger partial charge < -0.3 is 10.6 Å². The van der Waals surface area contributed by atoms with Crippen LogP contribution in [0, 0.1) is 11.8 Å². The summed E-state index contributed by atoms with van der Waals surface area (Å²) in [5.74, 6) is 5.52. The van der Waals surface area contributed by atoms with Gasteiger partial charge in [-0.1, -0.05) is 32.1 Å². The highest BCUT2D eigenvalue weighted by atomic mass is 127. The molecule has 2 saturated carbocycles.